The molecule has 0 radical (unpaired) electrons. The van der Waals surface area contributed by atoms with Crippen LogP contribution in [-0.4, -0.2) is 12.6 Å². The van der Waals surface area contributed by atoms with Gasteiger partial charge in [0, 0.05) is 0 Å². The first kappa shape index (κ1) is 16.1. The van der Waals surface area contributed by atoms with Gasteiger partial charge in [-0.3, -0.25) is 4.79 Å². The molecule has 0 bridgehead atoms. The summed E-state index contributed by atoms with van der Waals surface area (Å²) < 4.78 is 5.34. The average molecular weight is 288 g/mol. The van der Waals surface area contributed by atoms with Crippen LogP contribution in [0.15, 0.2) is 18.2 Å². The van der Waals surface area contributed by atoms with Crippen molar-refractivity contribution in [3.8, 4) is 0 Å². The predicted octanol–water partition coefficient (Wildman–Crippen LogP) is 4.65. The first-order valence-corrected chi connectivity index (χ1v) is 8.27. The van der Waals surface area contributed by atoms with E-state index in [4.69, 9.17) is 4.74 Å². The van der Waals surface area contributed by atoms with Gasteiger partial charge in [-0.05, 0) is 48.3 Å². The van der Waals surface area contributed by atoms with Crippen molar-refractivity contribution in [3.63, 3.8) is 0 Å². The third-order valence-corrected chi connectivity index (χ3v) is 4.91. The highest BCUT2D eigenvalue weighted by Crippen LogP contribution is 2.40. The molecule has 0 saturated carbocycles. The number of rotatable bonds is 6. The summed E-state index contributed by atoms with van der Waals surface area (Å²) in [6.07, 6.45) is 5.48. The smallest absolute Gasteiger partial charge is 0.313 e. The molecule has 0 heterocycles. The third-order valence-electron chi connectivity index (χ3n) is 4.91. The highest BCUT2D eigenvalue weighted by atomic mass is 16.5. The van der Waals surface area contributed by atoms with Crippen molar-refractivity contribution < 1.29 is 9.53 Å². The number of benzene rings is 1. The van der Waals surface area contributed by atoms with Gasteiger partial charge >= 0.3 is 5.97 Å². The van der Waals surface area contributed by atoms with E-state index in [0.29, 0.717) is 12.0 Å². The van der Waals surface area contributed by atoms with Gasteiger partial charge in [-0.15, -0.1) is 0 Å². The Bertz CT molecular complexity index is 506. The van der Waals surface area contributed by atoms with E-state index in [9.17, 15) is 4.79 Å². The van der Waals surface area contributed by atoms with Crippen molar-refractivity contribution in [3.05, 3.63) is 34.9 Å². The summed E-state index contributed by atoms with van der Waals surface area (Å²) in [5.74, 6) is -0.264. The number of unbranched alkanes of at least 4 members (excludes halogenated alkanes) is 1. The standard InChI is InChI=1S/C19H28O2/c1-5-7-10-21-18(20)14(3)15-8-9-16-12-19(4,6-2)13-17(16)11-15/h8-9,11,14H,5-7,10,12-13H2,1-4H3. The topological polar surface area (TPSA) is 26.3 Å². The molecule has 0 fully saturated rings. The largest absolute Gasteiger partial charge is 0.465 e. The molecule has 0 amide bonds. The molecule has 2 unspecified atom stereocenters. The van der Waals surface area contributed by atoms with Gasteiger partial charge in [-0.1, -0.05) is 51.8 Å². The molecule has 0 aromatic heterocycles. The molecule has 0 saturated heterocycles. The molecular weight excluding hydrogens is 260 g/mol. The fraction of sp³-hybridized carbons (Fsp3) is 0.632. The number of fused-ring (bicyclic) bond motifs is 1. The average Bonchev–Trinajstić information content (AvgIpc) is 2.82. The van der Waals surface area contributed by atoms with Crippen LogP contribution in [0.25, 0.3) is 0 Å². The second kappa shape index (κ2) is 6.64. The van der Waals surface area contributed by atoms with Crippen molar-refractivity contribution in [2.45, 2.75) is 65.7 Å². The monoisotopic (exact) mass is 288 g/mol. The van der Waals surface area contributed by atoms with Gasteiger partial charge in [0.2, 0.25) is 0 Å². The highest BCUT2D eigenvalue weighted by molar-refractivity contribution is 5.77. The molecule has 1 aliphatic carbocycles. The van der Waals surface area contributed by atoms with Gasteiger partial charge in [-0.2, -0.15) is 0 Å². The number of carbonyl (C=O) groups excluding carboxylic acids is 1. The number of esters is 1. The summed E-state index contributed by atoms with van der Waals surface area (Å²) in [6, 6.07) is 6.54. The Morgan fingerprint density at radius 3 is 2.67 bits per heavy atom. The van der Waals surface area contributed by atoms with Crippen LogP contribution in [0.1, 0.15) is 69.6 Å². The van der Waals surface area contributed by atoms with Crippen molar-refractivity contribution in [2.75, 3.05) is 6.61 Å². The Balaban J connectivity index is 2.06. The molecule has 0 spiro atoms. The molecule has 116 valence electrons. The van der Waals surface area contributed by atoms with E-state index < -0.39 is 0 Å². The van der Waals surface area contributed by atoms with Crippen LogP contribution < -0.4 is 0 Å². The second-order valence-electron chi connectivity index (χ2n) is 6.79. The Hall–Kier alpha value is -1.31. The first-order valence-electron chi connectivity index (χ1n) is 8.27. The molecule has 0 N–H and O–H groups in total. The quantitative estimate of drug-likeness (QED) is 0.562. The first-order chi connectivity index (χ1) is 9.99. The third kappa shape index (κ3) is 3.66. The van der Waals surface area contributed by atoms with Crippen LogP contribution in [0.4, 0.5) is 0 Å². The number of hydrogen-bond donors (Lipinski definition) is 0. The zero-order valence-electron chi connectivity index (χ0n) is 13.9. The van der Waals surface area contributed by atoms with Crippen LogP contribution in [0.3, 0.4) is 0 Å². The van der Waals surface area contributed by atoms with E-state index >= 15 is 0 Å². The molecule has 2 heteroatoms. The molecule has 2 rings (SSSR count). The Morgan fingerprint density at radius 2 is 2.00 bits per heavy atom. The minimum Gasteiger partial charge on any atom is -0.465 e. The lowest BCUT2D eigenvalue weighted by Gasteiger charge is -2.20. The number of ether oxygens (including phenoxy) is 1. The zero-order valence-corrected chi connectivity index (χ0v) is 13.9. The lowest BCUT2D eigenvalue weighted by atomic mass is 9.85. The summed E-state index contributed by atoms with van der Waals surface area (Å²) in [4.78, 5) is 12.1. The van der Waals surface area contributed by atoms with E-state index in [2.05, 4.69) is 39.0 Å². The fourth-order valence-electron chi connectivity index (χ4n) is 3.06. The Labute approximate surface area is 128 Å². The lowest BCUT2D eigenvalue weighted by Crippen LogP contribution is -2.14. The predicted molar refractivity (Wildman–Crippen MR) is 86.5 cm³/mol. The van der Waals surface area contributed by atoms with Crippen molar-refractivity contribution >= 4 is 5.97 Å². The van der Waals surface area contributed by atoms with Crippen LogP contribution >= 0.6 is 0 Å². The van der Waals surface area contributed by atoms with Gasteiger partial charge in [0.05, 0.1) is 12.5 Å². The summed E-state index contributed by atoms with van der Waals surface area (Å²) >= 11 is 0. The van der Waals surface area contributed by atoms with Gasteiger partial charge in [0.15, 0.2) is 0 Å². The summed E-state index contributed by atoms with van der Waals surface area (Å²) in [5, 5.41) is 0. The molecule has 2 atom stereocenters. The van der Waals surface area contributed by atoms with E-state index in [-0.39, 0.29) is 11.9 Å². The van der Waals surface area contributed by atoms with Gasteiger partial charge < -0.3 is 4.74 Å². The minimum atomic E-state index is -0.166. The van der Waals surface area contributed by atoms with Crippen molar-refractivity contribution in [2.24, 2.45) is 5.41 Å². The lowest BCUT2D eigenvalue weighted by molar-refractivity contribution is -0.145. The van der Waals surface area contributed by atoms with Gasteiger partial charge in [-0.25, -0.2) is 0 Å². The number of carbonyl (C=O) groups is 1. The zero-order chi connectivity index (χ0) is 15.5. The second-order valence-corrected chi connectivity index (χ2v) is 6.79. The number of hydrogen-bond acceptors (Lipinski definition) is 2. The summed E-state index contributed by atoms with van der Waals surface area (Å²) in [5.41, 5.74) is 4.36. The summed E-state index contributed by atoms with van der Waals surface area (Å²) in [6.45, 7) is 9.21. The minimum absolute atomic E-state index is 0.0975. The molecule has 2 nitrogen and oxygen atoms in total. The van der Waals surface area contributed by atoms with E-state index in [1.807, 2.05) is 6.92 Å². The normalized spacial score (nSPS) is 21.9. The SMILES string of the molecule is CCCCOC(=O)C(C)c1ccc2c(c1)CC(C)(CC)C2. The summed E-state index contributed by atoms with van der Waals surface area (Å²) in [7, 11) is 0. The fourth-order valence-corrected chi connectivity index (χ4v) is 3.06. The molecular formula is C19H28O2. The van der Waals surface area contributed by atoms with Crippen LogP contribution in [0.2, 0.25) is 0 Å². The van der Waals surface area contributed by atoms with Crippen LogP contribution in [0.5, 0.6) is 0 Å². The van der Waals surface area contributed by atoms with E-state index in [1.165, 1.54) is 17.5 Å². The maximum atomic E-state index is 12.1. The van der Waals surface area contributed by atoms with Gasteiger partial charge in [0.25, 0.3) is 0 Å². The van der Waals surface area contributed by atoms with E-state index in [1.54, 1.807) is 0 Å². The molecule has 1 aromatic carbocycles. The Morgan fingerprint density at radius 1 is 1.29 bits per heavy atom. The van der Waals surface area contributed by atoms with E-state index in [0.717, 1.165) is 31.2 Å². The Kier molecular flexibility index (Phi) is 5.08. The molecule has 1 aliphatic rings. The maximum Gasteiger partial charge on any atom is 0.313 e. The molecule has 1 aromatic rings. The van der Waals surface area contributed by atoms with Gasteiger partial charge in [0.1, 0.15) is 0 Å². The molecule has 0 aliphatic heterocycles. The van der Waals surface area contributed by atoms with Crippen LogP contribution in [0, 0.1) is 5.41 Å². The van der Waals surface area contributed by atoms with Crippen molar-refractivity contribution in [1.29, 1.82) is 0 Å². The maximum absolute atomic E-state index is 12.1. The van der Waals surface area contributed by atoms with Crippen molar-refractivity contribution in [1.82, 2.24) is 0 Å². The van der Waals surface area contributed by atoms with Crippen LogP contribution in [-0.2, 0) is 22.4 Å². The molecule has 21 heavy (non-hydrogen) atoms. The highest BCUT2D eigenvalue weighted by Gasteiger charge is 2.31.